The molecule has 19 heavy (non-hydrogen) atoms. The standard InChI is InChI=1S/C15H18FN3/c1-15(2,3)14-18-12(9-13(17-4)19-14)10-6-5-7-11(16)8-10/h5-9H,1-4H3,(H,17,18,19). The van der Waals surface area contributed by atoms with E-state index in [0.717, 1.165) is 22.9 Å². The van der Waals surface area contributed by atoms with Crippen LogP contribution in [0.1, 0.15) is 26.6 Å². The van der Waals surface area contributed by atoms with E-state index in [1.807, 2.05) is 19.2 Å². The molecule has 0 spiro atoms. The monoisotopic (exact) mass is 259 g/mol. The lowest BCUT2D eigenvalue weighted by molar-refractivity contribution is 0.547. The van der Waals surface area contributed by atoms with Crippen LogP contribution in [0.15, 0.2) is 30.3 Å². The number of anilines is 1. The van der Waals surface area contributed by atoms with E-state index < -0.39 is 0 Å². The van der Waals surface area contributed by atoms with Crippen molar-refractivity contribution in [2.45, 2.75) is 26.2 Å². The van der Waals surface area contributed by atoms with Crippen LogP contribution in [0.2, 0.25) is 0 Å². The maximum absolute atomic E-state index is 13.3. The highest BCUT2D eigenvalue weighted by Crippen LogP contribution is 2.25. The fourth-order valence-electron chi connectivity index (χ4n) is 1.71. The summed E-state index contributed by atoms with van der Waals surface area (Å²) >= 11 is 0. The third kappa shape index (κ3) is 3.08. The summed E-state index contributed by atoms with van der Waals surface area (Å²) in [6, 6.07) is 8.26. The van der Waals surface area contributed by atoms with E-state index >= 15 is 0 Å². The Morgan fingerprint density at radius 1 is 1.11 bits per heavy atom. The smallest absolute Gasteiger partial charge is 0.136 e. The third-order valence-electron chi connectivity index (χ3n) is 2.77. The van der Waals surface area contributed by atoms with E-state index in [0.29, 0.717) is 0 Å². The summed E-state index contributed by atoms with van der Waals surface area (Å²) in [7, 11) is 1.81. The molecule has 1 heterocycles. The Hall–Kier alpha value is -1.97. The van der Waals surface area contributed by atoms with Crippen LogP contribution < -0.4 is 5.32 Å². The maximum Gasteiger partial charge on any atom is 0.136 e. The minimum absolute atomic E-state index is 0.158. The summed E-state index contributed by atoms with van der Waals surface area (Å²) in [6.45, 7) is 6.16. The van der Waals surface area contributed by atoms with Crippen molar-refractivity contribution in [3.8, 4) is 11.3 Å². The lowest BCUT2D eigenvalue weighted by atomic mass is 9.95. The second-order valence-electron chi connectivity index (χ2n) is 5.47. The molecule has 0 atom stereocenters. The van der Waals surface area contributed by atoms with Crippen LogP contribution in [0.4, 0.5) is 10.2 Å². The normalized spacial score (nSPS) is 11.4. The molecule has 2 aromatic rings. The van der Waals surface area contributed by atoms with Gasteiger partial charge in [-0.25, -0.2) is 14.4 Å². The molecule has 1 N–H and O–H groups in total. The quantitative estimate of drug-likeness (QED) is 0.895. The zero-order chi connectivity index (χ0) is 14.0. The average molecular weight is 259 g/mol. The van der Waals surface area contributed by atoms with Gasteiger partial charge in [-0.15, -0.1) is 0 Å². The number of hydrogen-bond donors (Lipinski definition) is 1. The highest BCUT2D eigenvalue weighted by atomic mass is 19.1. The van der Waals surface area contributed by atoms with Crippen molar-refractivity contribution in [1.82, 2.24) is 9.97 Å². The molecule has 0 amide bonds. The van der Waals surface area contributed by atoms with Crippen LogP contribution in [0.5, 0.6) is 0 Å². The van der Waals surface area contributed by atoms with Crippen LogP contribution in [0.3, 0.4) is 0 Å². The van der Waals surface area contributed by atoms with E-state index in [-0.39, 0.29) is 11.2 Å². The predicted octanol–water partition coefficient (Wildman–Crippen LogP) is 3.62. The summed E-state index contributed by atoms with van der Waals surface area (Å²) in [5.41, 5.74) is 1.32. The fourth-order valence-corrected chi connectivity index (χ4v) is 1.71. The van der Waals surface area contributed by atoms with E-state index in [1.165, 1.54) is 12.1 Å². The summed E-state index contributed by atoms with van der Waals surface area (Å²) < 4.78 is 13.3. The first kappa shape index (κ1) is 13.5. The second kappa shape index (κ2) is 4.96. The number of nitrogens with one attached hydrogen (secondary N) is 1. The predicted molar refractivity (Wildman–Crippen MR) is 75.7 cm³/mol. The molecule has 0 aliphatic carbocycles. The van der Waals surface area contributed by atoms with Gasteiger partial charge < -0.3 is 5.32 Å². The van der Waals surface area contributed by atoms with Crippen molar-refractivity contribution < 1.29 is 4.39 Å². The van der Waals surface area contributed by atoms with Gasteiger partial charge in [0.2, 0.25) is 0 Å². The number of hydrogen-bond acceptors (Lipinski definition) is 3. The number of rotatable bonds is 2. The molecule has 0 unspecified atom stereocenters. The molecule has 1 aromatic carbocycles. The Morgan fingerprint density at radius 3 is 2.42 bits per heavy atom. The average Bonchev–Trinajstić information content (AvgIpc) is 2.37. The van der Waals surface area contributed by atoms with Crippen molar-refractivity contribution >= 4 is 5.82 Å². The number of halogens is 1. The molecule has 0 fully saturated rings. The Morgan fingerprint density at radius 2 is 1.84 bits per heavy atom. The van der Waals surface area contributed by atoms with Gasteiger partial charge in [-0.05, 0) is 12.1 Å². The minimum atomic E-state index is -0.264. The fraction of sp³-hybridized carbons (Fsp3) is 0.333. The van der Waals surface area contributed by atoms with Gasteiger partial charge in [-0.2, -0.15) is 0 Å². The topological polar surface area (TPSA) is 37.8 Å². The molecule has 100 valence electrons. The summed E-state index contributed by atoms with van der Waals surface area (Å²) in [6.07, 6.45) is 0. The Bertz CT molecular complexity index is 588. The van der Waals surface area contributed by atoms with Crippen LogP contribution in [-0.2, 0) is 5.41 Å². The van der Waals surface area contributed by atoms with Crippen molar-refractivity contribution in [3.63, 3.8) is 0 Å². The number of benzene rings is 1. The molecule has 0 aliphatic heterocycles. The van der Waals surface area contributed by atoms with Gasteiger partial charge >= 0.3 is 0 Å². The molecule has 3 nitrogen and oxygen atoms in total. The van der Waals surface area contributed by atoms with E-state index in [4.69, 9.17) is 0 Å². The Kier molecular flexibility index (Phi) is 3.51. The van der Waals surface area contributed by atoms with Gasteiger partial charge in [-0.1, -0.05) is 32.9 Å². The maximum atomic E-state index is 13.3. The SMILES string of the molecule is CNc1cc(-c2cccc(F)c2)nc(C(C)(C)C)n1. The molecule has 2 rings (SSSR count). The zero-order valence-corrected chi connectivity index (χ0v) is 11.7. The van der Waals surface area contributed by atoms with Crippen LogP contribution in [0.25, 0.3) is 11.3 Å². The van der Waals surface area contributed by atoms with Crippen molar-refractivity contribution in [1.29, 1.82) is 0 Å². The van der Waals surface area contributed by atoms with E-state index in [9.17, 15) is 4.39 Å². The first-order chi connectivity index (χ1) is 8.90. The first-order valence-electron chi connectivity index (χ1n) is 6.23. The molecule has 4 heteroatoms. The largest absolute Gasteiger partial charge is 0.373 e. The molecule has 0 saturated carbocycles. The van der Waals surface area contributed by atoms with Crippen molar-refractivity contribution in [2.24, 2.45) is 0 Å². The van der Waals surface area contributed by atoms with E-state index in [2.05, 4.69) is 36.1 Å². The third-order valence-corrected chi connectivity index (χ3v) is 2.77. The summed E-state index contributed by atoms with van der Waals surface area (Å²) in [4.78, 5) is 9.00. The van der Waals surface area contributed by atoms with Gasteiger partial charge in [-0.3, -0.25) is 0 Å². The van der Waals surface area contributed by atoms with Gasteiger partial charge in [0.15, 0.2) is 0 Å². The van der Waals surface area contributed by atoms with Crippen LogP contribution in [0, 0.1) is 5.82 Å². The van der Waals surface area contributed by atoms with Crippen molar-refractivity contribution in [3.05, 3.63) is 42.0 Å². The lowest BCUT2D eigenvalue weighted by Gasteiger charge is -2.18. The summed E-state index contributed by atoms with van der Waals surface area (Å²) in [5.74, 6) is 1.21. The molecule has 0 bridgehead atoms. The second-order valence-corrected chi connectivity index (χ2v) is 5.47. The molecular formula is C15H18FN3. The highest BCUT2D eigenvalue weighted by molar-refractivity contribution is 5.62. The highest BCUT2D eigenvalue weighted by Gasteiger charge is 2.19. The van der Waals surface area contributed by atoms with Gasteiger partial charge in [0.05, 0.1) is 5.69 Å². The number of nitrogens with zero attached hydrogens (tertiary/aromatic N) is 2. The minimum Gasteiger partial charge on any atom is -0.373 e. The van der Waals surface area contributed by atoms with Gasteiger partial charge in [0.25, 0.3) is 0 Å². The van der Waals surface area contributed by atoms with Gasteiger partial charge in [0.1, 0.15) is 17.5 Å². The molecule has 0 radical (unpaired) electrons. The molecular weight excluding hydrogens is 241 g/mol. The van der Waals surface area contributed by atoms with Gasteiger partial charge in [0, 0.05) is 24.1 Å². The Labute approximate surface area is 112 Å². The van der Waals surface area contributed by atoms with Crippen LogP contribution in [-0.4, -0.2) is 17.0 Å². The summed E-state index contributed by atoms with van der Waals surface area (Å²) in [5, 5.41) is 3.02. The first-order valence-corrected chi connectivity index (χ1v) is 6.23. The molecule has 0 saturated heterocycles. The lowest BCUT2D eigenvalue weighted by Crippen LogP contribution is -2.17. The zero-order valence-electron chi connectivity index (χ0n) is 11.7. The number of aromatic nitrogens is 2. The molecule has 0 aliphatic rings. The van der Waals surface area contributed by atoms with Crippen molar-refractivity contribution in [2.75, 3.05) is 12.4 Å². The van der Waals surface area contributed by atoms with Crippen LogP contribution >= 0.6 is 0 Å². The Balaban J connectivity index is 2.57. The van der Waals surface area contributed by atoms with E-state index in [1.54, 1.807) is 6.07 Å². The molecule has 1 aromatic heterocycles.